The van der Waals surface area contributed by atoms with Gasteiger partial charge in [0.2, 0.25) is 0 Å². The first-order valence-electron chi connectivity index (χ1n) is 8.97. The normalized spacial score (nSPS) is 13.4. The van der Waals surface area contributed by atoms with E-state index in [4.69, 9.17) is 0 Å². The van der Waals surface area contributed by atoms with Crippen molar-refractivity contribution in [2.24, 2.45) is 0 Å². The van der Waals surface area contributed by atoms with Crippen LogP contribution in [0.15, 0.2) is 72.2 Å². The molecule has 0 unspecified atom stereocenters. The summed E-state index contributed by atoms with van der Waals surface area (Å²) in [7, 11) is 0. The zero-order valence-corrected chi connectivity index (χ0v) is 17.3. The van der Waals surface area contributed by atoms with E-state index >= 15 is 0 Å². The van der Waals surface area contributed by atoms with Crippen LogP contribution in [0.5, 0.6) is 0 Å². The molecule has 0 amide bonds. The van der Waals surface area contributed by atoms with Crippen molar-refractivity contribution in [3.63, 3.8) is 0 Å². The summed E-state index contributed by atoms with van der Waals surface area (Å²) in [5.41, 5.74) is -0.638. The number of hydrogen-bond donors (Lipinski definition) is 1. The summed E-state index contributed by atoms with van der Waals surface area (Å²) in [5, 5.41) is 15.5. The lowest BCUT2D eigenvalue weighted by molar-refractivity contribution is -0.0210. The second-order valence-electron chi connectivity index (χ2n) is 6.83. The van der Waals surface area contributed by atoms with Crippen molar-refractivity contribution in [1.29, 1.82) is 0 Å². The molecule has 8 heteroatoms. The van der Waals surface area contributed by atoms with Crippen molar-refractivity contribution in [1.82, 2.24) is 19.7 Å². The minimum Gasteiger partial charge on any atom is -0.382 e. The van der Waals surface area contributed by atoms with Crippen LogP contribution >= 0.6 is 15.9 Å². The smallest absolute Gasteiger partial charge is 0.137 e. The van der Waals surface area contributed by atoms with Gasteiger partial charge in [0.25, 0.3) is 0 Å². The van der Waals surface area contributed by atoms with Crippen LogP contribution in [0.4, 0.5) is 8.78 Å². The van der Waals surface area contributed by atoms with Crippen LogP contribution in [-0.4, -0.2) is 37.9 Å². The Labute approximate surface area is 176 Å². The molecule has 0 spiro atoms. The molecule has 0 aliphatic rings. The van der Waals surface area contributed by atoms with E-state index in [1.807, 2.05) is 29.2 Å². The summed E-state index contributed by atoms with van der Waals surface area (Å²) >= 11 is 3.41. The van der Waals surface area contributed by atoms with Crippen molar-refractivity contribution in [2.75, 3.05) is 13.1 Å². The number of nitrogens with zero attached hydrogens (tertiary/aromatic N) is 4. The van der Waals surface area contributed by atoms with Gasteiger partial charge in [-0.05, 0) is 23.8 Å². The second-order valence-corrected chi connectivity index (χ2v) is 7.75. The molecule has 29 heavy (non-hydrogen) atoms. The summed E-state index contributed by atoms with van der Waals surface area (Å²) < 4.78 is 30.4. The van der Waals surface area contributed by atoms with Crippen LogP contribution in [0.25, 0.3) is 0 Å². The molecule has 0 saturated carbocycles. The van der Waals surface area contributed by atoms with Gasteiger partial charge in [-0.2, -0.15) is 5.10 Å². The lowest BCUT2D eigenvalue weighted by atomic mass is 9.92. The maximum atomic E-state index is 14.6. The lowest BCUT2D eigenvalue weighted by Crippen LogP contribution is -2.44. The molecule has 0 radical (unpaired) electrons. The molecule has 5 nitrogen and oxygen atoms in total. The first-order chi connectivity index (χ1) is 13.9. The topological polar surface area (TPSA) is 54.2 Å². The van der Waals surface area contributed by atoms with Gasteiger partial charge in [0.1, 0.15) is 29.9 Å². The van der Waals surface area contributed by atoms with Crippen LogP contribution in [0.3, 0.4) is 0 Å². The largest absolute Gasteiger partial charge is 0.382 e. The summed E-state index contributed by atoms with van der Waals surface area (Å²) in [6.45, 7) is 4.81. The number of aliphatic hydroxyl groups is 1. The van der Waals surface area contributed by atoms with Gasteiger partial charge in [0.05, 0.1) is 6.54 Å². The lowest BCUT2D eigenvalue weighted by Gasteiger charge is -2.34. The third kappa shape index (κ3) is 5.56. The van der Waals surface area contributed by atoms with Crippen LogP contribution in [0, 0.1) is 11.6 Å². The quantitative estimate of drug-likeness (QED) is 0.490. The van der Waals surface area contributed by atoms with Gasteiger partial charge in [0.15, 0.2) is 0 Å². The van der Waals surface area contributed by atoms with Crippen molar-refractivity contribution in [3.8, 4) is 0 Å². The highest BCUT2D eigenvalue weighted by atomic mass is 79.9. The molecule has 3 aromatic rings. The monoisotopic (exact) mass is 462 g/mol. The van der Waals surface area contributed by atoms with E-state index in [1.165, 1.54) is 23.4 Å². The molecule has 1 N–H and O–H groups in total. The van der Waals surface area contributed by atoms with Gasteiger partial charge < -0.3 is 5.11 Å². The molecule has 0 aliphatic carbocycles. The van der Waals surface area contributed by atoms with Crippen molar-refractivity contribution in [2.45, 2.75) is 18.7 Å². The first kappa shape index (κ1) is 21.3. The molecule has 0 fully saturated rings. The Hall–Kier alpha value is -2.42. The maximum absolute atomic E-state index is 14.6. The third-order valence-corrected chi connectivity index (χ3v) is 5.04. The minimum atomic E-state index is -1.66. The average molecular weight is 463 g/mol. The molecule has 1 aromatic heterocycles. The molecule has 0 bridgehead atoms. The van der Waals surface area contributed by atoms with E-state index < -0.39 is 17.2 Å². The fourth-order valence-electron chi connectivity index (χ4n) is 3.26. The summed E-state index contributed by atoms with van der Waals surface area (Å²) in [5.74, 6) is -1.51. The summed E-state index contributed by atoms with van der Waals surface area (Å²) in [6, 6.07) is 11.0. The Balaban J connectivity index is 1.92. The molecule has 1 heterocycles. The molecular weight excluding hydrogens is 442 g/mol. The van der Waals surface area contributed by atoms with Crippen LogP contribution in [0.1, 0.15) is 11.1 Å². The average Bonchev–Trinajstić information content (AvgIpc) is 3.16. The Kier molecular flexibility index (Phi) is 6.89. The molecule has 0 aliphatic heterocycles. The zero-order valence-electron chi connectivity index (χ0n) is 15.7. The second kappa shape index (κ2) is 9.39. The van der Waals surface area contributed by atoms with Crippen LogP contribution in [0.2, 0.25) is 0 Å². The Morgan fingerprint density at radius 2 is 1.97 bits per heavy atom. The van der Waals surface area contributed by atoms with Gasteiger partial charge in [0, 0.05) is 35.7 Å². The van der Waals surface area contributed by atoms with Crippen molar-refractivity contribution in [3.05, 3.63) is 95.0 Å². The highest BCUT2D eigenvalue weighted by Gasteiger charge is 2.35. The molecule has 1 atom stereocenters. The fraction of sp³-hybridized carbons (Fsp3) is 0.238. The van der Waals surface area contributed by atoms with Gasteiger partial charge in [-0.25, -0.2) is 18.4 Å². The predicted molar refractivity (Wildman–Crippen MR) is 110 cm³/mol. The number of aromatic nitrogens is 3. The van der Waals surface area contributed by atoms with Gasteiger partial charge in [-0.3, -0.25) is 4.90 Å². The minimum absolute atomic E-state index is 0.000677. The van der Waals surface area contributed by atoms with Crippen LogP contribution in [-0.2, 0) is 18.7 Å². The highest BCUT2D eigenvalue weighted by Crippen LogP contribution is 2.28. The fourth-order valence-corrected chi connectivity index (χ4v) is 3.52. The number of rotatable bonds is 9. The van der Waals surface area contributed by atoms with E-state index in [0.29, 0.717) is 13.1 Å². The third-order valence-electron chi connectivity index (χ3n) is 4.51. The Morgan fingerprint density at radius 1 is 1.21 bits per heavy atom. The van der Waals surface area contributed by atoms with Crippen molar-refractivity contribution >= 4 is 15.9 Å². The number of hydrogen-bond acceptors (Lipinski definition) is 4. The van der Waals surface area contributed by atoms with Gasteiger partial charge in [-0.1, -0.05) is 40.2 Å². The highest BCUT2D eigenvalue weighted by molar-refractivity contribution is 9.10. The molecule has 0 saturated heterocycles. The van der Waals surface area contributed by atoms with Crippen LogP contribution < -0.4 is 0 Å². The first-order valence-corrected chi connectivity index (χ1v) is 9.77. The van der Waals surface area contributed by atoms with E-state index in [0.717, 1.165) is 22.2 Å². The predicted octanol–water partition coefficient (Wildman–Crippen LogP) is 3.89. The van der Waals surface area contributed by atoms with E-state index in [-0.39, 0.29) is 18.7 Å². The van der Waals surface area contributed by atoms with Gasteiger partial charge >= 0.3 is 0 Å². The number of halogens is 3. The SMILES string of the molecule is C=CCN(Cc1ccc(Br)cc1)C[C@](O)(Cn1cncn1)c1ccc(F)cc1F. The van der Waals surface area contributed by atoms with E-state index in [2.05, 4.69) is 32.6 Å². The Bertz CT molecular complexity index is 950. The summed E-state index contributed by atoms with van der Waals surface area (Å²) in [6.07, 6.45) is 4.50. The number of benzene rings is 2. The van der Waals surface area contributed by atoms with Gasteiger partial charge in [-0.15, -0.1) is 6.58 Å². The zero-order chi connectivity index (χ0) is 20.9. The molecule has 152 valence electrons. The van der Waals surface area contributed by atoms with Crippen molar-refractivity contribution < 1.29 is 13.9 Å². The summed E-state index contributed by atoms with van der Waals surface area (Å²) in [4.78, 5) is 5.82. The standard InChI is InChI=1S/C21H21BrF2N4O/c1-2-9-27(11-16-3-5-17(22)6-4-16)12-21(29,13-28-15-25-14-26-28)19-8-7-18(23)10-20(19)24/h2-8,10,14-15,29H,1,9,11-13H2/t21-/m0/s1. The molecule has 3 rings (SSSR count). The van der Waals surface area contributed by atoms with E-state index in [9.17, 15) is 13.9 Å². The van der Waals surface area contributed by atoms with E-state index in [1.54, 1.807) is 6.08 Å². The Morgan fingerprint density at radius 3 is 2.59 bits per heavy atom. The maximum Gasteiger partial charge on any atom is 0.137 e. The molecule has 2 aromatic carbocycles. The molecular formula is C21H21BrF2N4O.